The number of hydrogen-bond acceptors (Lipinski definition) is 6. The van der Waals surface area contributed by atoms with Gasteiger partial charge in [-0.15, -0.1) is 0 Å². The van der Waals surface area contributed by atoms with Gasteiger partial charge in [0.15, 0.2) is 0 Å². The Bertz CT molecular complexity index is 1190. The second-order valence-corrected chi connectivity index (χ2v) is 8.93. The van der Waals surface area contributed by atoms with E-state index in [2.05, 4.69) is 17.3 Å². The molecule has 0 N–H and O–H groups in total. The van der Waals surface area contributed by atoms with E-state index >= 15 is 0 Å². The van der Waals surface area contributed by atoms with Gasteiger partial charge in [-0.1, -0.05) is 18.2 Å². The van der Waals surface area contributed by atoms with Gasteiger partial charge in [0.1, 0.15) is 11.5 Å². The highest BCUT2D eigenvalue weighted by molar-refractivity contribution is 6.07. The van der Waals surface area contributed by atoms with Crippen LogP contribution in [-0.4, -0.2) is 28.0 Å². The van der Waals surface area contributed by atoms with E-state index in [1.54, 1.807) is 31.2 Å². The van der Waals surface area contributed by atoms with Gasteiger partial charge in [-0.3, -0.25) is 19.7 Å². The number of hydrazone groups is 1. The number of imide groups is 1. The van der Waals surface area contributed by atoms with Crippen molar-refractivity contribution in [1.29, 1.82) is 0 Å². The molecule has 6 rings (SSSR count). The van der Waals surface area contributed by atoms with Crippen molar-refractivity contribution in [1.82, 2.24) is 5.01 Å². The van der Waals surface area contributed by atoms with Gasteiger partial charge >= 0.3 is 0 Å². The predicted molar refractivity (Wildman–Crippen MR) is 110 cm³/mol. The number of carbonyl (C=O) groups is 2. The van der Waals surface area contributed by atoms with Crippen molar-refractivity contribution in [2.45, 2.75) is 19.8 Å². The number of nitrogens with zero attached hydrogens (tertiary/aromatic N) is 3. The second kappa shape index (κ2) is 6.00. The smallest absolute Gasteiger partial charge is 0.280 e. The number of aryl methyl sites for hydroxylation is 1. The first kappa shape index (κ1) is 18.2. The van der Waals surface area contributed by atoms with Crippen molar-refractivity contribution in [3.05, 3.63) is 63.9 Å². The van der Waals surface area contributed by atoms with Gasteiger partial charge in [0.05, 0.1) is 28.5 Å². The van der Waals surface area contributed by atoms with E-state index in [0.29, 0.717) is 17.1 Å². The Labute approximate surface area is 177 Å². The second-order valence-electron chi connectivity index (χ2n) is 8.93. The van der Waals surface area contributed by atoms with E-state index in [1.807, 2.05) is 0 Å². The molecule has 3 fully saturated rings. The fourth-order valence-electron chi connectivity index (χ4n) is 5.86. The van der Waals surface area contributed by atoms with E-state index in [9.17, 15) is 19.7 Å². The lowest BCUT2D eigenvalue weighted by atomic mass is 9.85. The van der Waals surface area contributed by atoms with Crippen LogP contribution < -0.4 is 0 Å². The third-order valence-electron chi connectivity index (χ3n) is 7.37. The Morgan fingerprint density at radius 3 is 2.42 bits per heavy atom. The molecule has 4 aliphatic rings. The lowest BCUT2D eigenvalue weighted by Crippen LogP contribution is -2.30. The Morgan fingerprint density at radius 1 is 1.13 bits per heavy atom. The number of carbonyl (C=O) groups excluding carboxylic acids is 2. The molecule has 8 heteroatoms. The number of fused-ring (bicyclic) bond motifs is 3. The molecule has 2 bridgehead atoms. The van der Waals surface area contributed by atoms with Gasteiger partial charge in [0.25, 0.3) is 17.5 Å². The average molecular weight is 417 g/mol. The van der Waals surface area contributed by atoms with Crippen molar-refractivity contribution in [3.8, 4) is 11.3 Å². The number of hydrogen-bond donors (Lipinski definition) is 0. The molecule has 0 radical (unpaired) electrons. The molecule has 2 saturated carbocycles. The fraction of sp³-hybridized carbons (Fsp3) is 0.348. The highest BCUT2D eigenvalue weighted by Gasteiger charge is 2.73. The zero-order valence-electron chi connectivity index (χ0n) is 16.7. The molecule has 1 aromatic heterocycles. The number of allylic oxidation sites excluding steroid dienone is 2. The van der Waals surface area contributed by atoms with Crippen LogP contribution in [0.15, 0.2) is 52.0 Å². The summed E-state index contributed by atoms with van der Waals surface area (Å²) in [6, 6.07) is 8.12. The van der Waals surface area contributed by atoms with Crippen LogP contribution in [0.25, 0.3) is 11.3 Å². The van der Waals surface area contributed by atoms with E-state index in [0.717, 1.165) is 23.4 Å². The van der Waals surface area contributed by atoms with E-state index in [1.165, 1.54) is 12.3 Å². The molecule has 156 valence electrons. The van der Waals surface area contributed by atoms with Gasteiger partial charge in [-0.2, -0.15) is 10.1 Å². The summed E-state index contributed by atoms with van der Waals surface area (Å²) in [6.45, 7) is 1.78. The SMILES string of the molecule is Cc1ccc(-c2ccc(/C=N\N3C(=O)[C@@H]4[C@H](C3=O)[C@H]3C=C[C@H]4C34CC4)o2)c([N+](=O)[O-])c1. The van der Waals surface area contributed by atoms with Crippen molar-refractivity contribution in [2.75, 3.05) is 0 Å². The maximum absolute atomic E-state index is 13.0. The minimum absolute atomic E-state index is 0.0486. The van der Waals surface area contributed by atoms with Gasteiger partial charge in [0.2, 0.25) is 0 Å². The van der Waals surface area contributed by atoms with Crippen LogP contribution in [0.3, 0.4) is 0 Å². The van der Waals surface area contributed by atoms with Crippen molar-refractivity contribution < 1.29 is 18.9 Å². The molecule has 1 saturated heterocycles. The quantitative estimate of drug-likeness (QED) is 0.248. The van der Waals surface area contributed by atoms with Crippen LogP contribution in [0, 0.1) is 46.1 Å². The van der Waals surface area contributed by atoms with Gasteiger partial charge in [0, 0.05) is 6.07 Å². The molecule has 8 nitrogen and oxygen atoms in total. The van der Waals surface area contributed by atoms with E-state index < -0.39 is 4.92 Å². The molecule has 1 aromatic carbocycles. The topological polar surface area (TPSA) is 106 Å². The Balaban J connectivity index is 1.25. The predicted octanol–water partition coefficient (Wildman–Crippen LogP) is 3.69. The zero-order chi connectivity index (χ0) is 21.5. The number of nitro groups is 1. The average Bonchev–Trinajstić information content (AvgIpc) is 3.03. The largest absolute Gasteiger partial charge is 0.455 e. The first-order valence-electron chi connectivity index (χ1n) is 10.4. The van der Waals surface area contributed by atoms with Crippen molar-refractivity contribution in [2.24, 2.45) is 34.2 Å². The highest BCUT2D eigenvalue weighted by Crippen LogP contribution is 2.73. The van der Waals surface area contributed by atoms with E-state index in [-0.39, 0.29) is 46.6 Å². The first-order chi connectivity index (χ1) is 14.9. The third kappa shape index (κ3) is 2.38. The summed E-state index contributed by atoms with van der Waals surface area (Å²) in [5.41, 5.74) is 1.23. The summed E-state index contributed by atoms with van der Waals surface area (Å²) >= 11 is 0. The van der Waals surface area contributed by atoms with Crippen LogP contribution in [0.4, 0.5) is 5.69 Å². The minimum Gasteiger partial charge on any atom is -0.455 e. The monoisotopic (exact) mass is 417 g/mol. The molecule has 2 aromatic rings. The number of benzene rings is 1. The number of furan rings is 1. The van der Waals surface area contributed by atoms with Gasteiger partial charge in [-0.05, 0) is 60.8 Å². The molecule has 0 unspecified atom stereocenters. The molecule has 1 spiro atoms. The van der Waals surface area contributed by atoms with Crippen molar-refractivity contribution in [3.63, 3.8) is 0 Å². The lowest BCUT2D eigenvalue weighted by molar-refractivity contribution is -0.384. The maximum Gasteiger partial charge on any atom is 0.280 e. The maximum atomic E-state index is 13.0. The number of amides is 2. The van der Waals surface area contributed by atoms with Crippen LogP contribution in [0.1, 0.15) is 24.2 Å². The van der Waals surface area contributed by atoms with Crippen molar-refractivity contribution >= 4 is 23.7 Å². The number of rotatable bonds is 4. The summed E-state index contributed by atoms with van der Waals surface area (Å²) in [6.07, 6.45) is 7.73. The highest BCUT2D eigenvalue weighted by atomic mass is 16.6. The van der Waals surface area contributed by atoms with E-state index in [4.69, 9.17) is 4.42 Å². The molecule has 1 aliphatic heterocycles. The lowest BCUT2D eigenvalue weighted by Gasteiger charge is -2.18. The zero-order valence-corrected chi connectivity index (χ0v) is 16.7. The summed E-state index contributed by atoms with van der Waals surface area (Å²) < 4.78 is 5.71. The number of nitro benzene ring substituents is 1. The molecule has 2 heterocycles. The van der Waals surface area contributed by atoms with Crippen LogP contribution in [-0.2, 0) is 9.59 Å². The molecular formula is C23H19N3O5. The van der Waals surface area contributed by atoms with Gasteiger partial charge in [-0.25, -0.2) is 0 Å². The standard InChI is InChI=1S/C23H19N3O5/c1-12-2-4-14(17(10-12)26(29)30)18-7-3-13(31-18)11-24-25-21(27)19-15-5-6-16(20(19)22(25)28)23(15)8-9-23/h2-7,10-11,15-16,19-20H,8-9H2,1H3/b24-11-/t15-,16-,19-,20+/m1/s1. The first-order valence-corrected chi connectivity index (χ1v) is 10.4. The summed E-state index contributed by atoms with van der Waals surface area (Å²) in [7, 11) is 0. The minimum atomic E-state index is -0.450. The summed E-state index contributed by atoms with van der Waals surface area (Å²) in [5, 5.41) is 16.5. The fourth-order valence-corrected chi connectivity index (χ4v) is 5.86. The Hall–Kier alpha value is -3.55. The molecule has 31 heavy (non-hydrogen) atoms. The van der Waals surface area contributed by atoms with Crippen LogP contribution in [0.5, 0.6) is 0 Å². The molecule has 3 aliphatic carbocycles. The third-order valence-corrected chi connectivity index (χ3v) is 7.37. The van der Waals surface area contributed by atoms with Crippen LogP contribution in [0.2, 0.25) is 0 Å². The summed E-state index contributed by atoms with van der Waals surface area (Å²) in [5.74, 6) is -0.156. The Morgan fingerprint density at radius 2 is 1.81 bits per heavy atom. The molecule has 4 atom stereocenters. The summed E-state index contributed by atoms with van der Waals surface area (Å²) in [4.78, 5) is 36.8. The Kier molecular flexibility index (Phi) is 3.53. The molecular weight excluding hydrogens is 398 g/mol. The molecule has 2 amide bonds. The van der Waals surface area contributed by atoms with Crippen LogP contribution >= 0.6 is 0 Å². The van der Waals surface area contributed by atoms with Gasteiger partial charge < -0.3 is 4.42 Å². The normalized spacial score (nSPS) is 29.5.